The average Bonchev–Trinajstić information content (AvgIpc) is 3.34. The summed E-state index contributed by atoms with van der Waals surface area (Å²) >= 11 is 0. The summed E-state index contributed by atoms with van der Waals surface area (Å²) in [7, 11) is 0. The molecule has 2 saturated heterocycles. The molecule has 6 nitrogen and oxygen atoms in total. The van der Waals surface area contributed by atoms with Crippen LogP contribution in [0.25, 0.3) is 11.3 Å². The number of rotatable bonds is 6. The highest BCUT2D eigenvalue weighted by Gasteiger charge is 2.26. The summed E-state index contributed by atoms with van der Waals surface area (Å²) in [5, 5.41) is 4.61. The van der Waals surface area contributed by atoms with Crippen molar-refractivity contribution < 1.29 is 0 Å². The predicted molar refractivity (Wildman–Crippen MR) is 102 cm³/mol. The van der Waals surface area contributed by atoms with Crippen molar-refractivity contribution in [3.05, 3.63) is 47.0 Å². The van der Waals surface area contributed by atoms with E-state index in [1.165, 1.54) is 32.4 Å². The van der Waals surface area contributed by atoms with Crippen LogP contribution in [0.2, 0.25) is 0 Å². The van der Waals surface area contributed by atoms with Crippen molar-refractivity contribution >= 4 is 0 Å². The van der Waals surface area contributed by atoms with Crippen molar-refractivity contribution in [2.24, 2.45) is 0 Å². The Balaban J connectivity index is 1.44. The number of aromatic nitrogens is 3. The monoisotopic (exact) mass is 353 g/mol. The molecule has 4 rings (SSSR count). The Hall–Kier alpha value is -2.05. The molecule has 0 radical (unpaired) electrons. The lowest BCUT2D eigenvalue weighted by Gasteiger charge is -2.27. The molecule has 2 aliphatic heterocycles. The molecule has 4 heterocycles. The first-order valence-corrected chi connectivity index (χ1v) is 9.74. The van der Waals surface area contributed by atoms with Gasteiger partial charge in [0.05, 0.1) is 12.2 Å². The van der Waals surface area contributed by atoms with E-state index in [4.69, 9.17) is 0 Å². The quantitative estimate of drug-likeness (QED) is 0.793. The van der Waals surface area contributed by atoms with Crippen molar-refractivity contribution in [2.75, 3.05) is 32.7 Å². The maximum absolute atomic E-state index is 12.3. The summed E-state index contributed by atoms with van der Waals surface area (Å²) in [6.07, 6.45) is 8.56. The standard InChI is InChI=1S/C20H27N5O/c26-20-8-7-19(17-5-3-9-21-15-17)22-25(20)16-18-6-4-12-24(18)14-13-23-10-1-2-11-23/h3,5,7-9,15,18H,1-2,4,6,10-14,16H2. The minimum atomic E-state index is -0.0240. The Bertz CT molecular complexity index is 769. The molecule has 1 atom stereocenters. The number of hydrogen-bond donors (Lipinski definition) is 0. The molecular formula is C20H27N5O. The van der Waals surface area contributed by atoms with Gasteiger partial charge in [-0.15, -0.1) is 0 Å². The van der Waals surface area contributed by atoms with Crippen LogP contribution in [0, 0.1) is 0 Å². The highest BCUT2D eigenvalue weighted by atomic mass is 16.1. The fraction of sp³-hybridized carbons (Fsp3) is 0.550. The van der Waals surface area contributed by atoms with Gasteiger partial charge in [-0.1, -0.05) is 0 Å². The van der Waals surface area contributed by atoms with Crippen LogP contribution in [0.5, 0.6) is 0 Å². The van der Waals surface area contributed by atoms with E-state index in [1.807, 2.05) is 12.1 Å². The first-order chi connectivity index (χ1) is 12.8. The third kappa shape index (κ3) is 4.02. The molecule has 0 saturated carbocycles. The van der Waals surface area contributed by atoms with Crippen molar-refractivity contribution in [2.45, 2.75) is 38.3 Å². The normalized spacial score (nSPS) is 21.5. The number of pyridine rings is 1. The zero-order valence-corrected chi connectivity index (χ0v) is 15.3. The van der Waals surface area contributed by atoms with Crippen molar-refractivity contribution in [1.82, 2.24) is 24.6 Å². The van der Waals surface area contributed by atoms with E-state index in [1.54, 1.807) is 29.2 Å². The second kappa shape index (κ2) is 8.10. The molecule has 2 aromatic rings. The average molecular weight is 353 g/mol. The molecule has 2 aromatic heterocycles. The smallest absolute Gasteiger partial charge is 0.266 e. The molecule has 138 valence electrons. The van der Waals surface area contributed by atoms with Gasteiger partial charge in [0.1, 0.15) is 0 Å². The first-order valence-electron chi connectivity index (χ1n) is 9.74. The van der Waals surface area contributed by atoms with E-state index in [9.17, 15) is 4.79 Å². The fourth-order valence-electron chi connectivity index (χ4n) is 4.12. The van der Waals surface area contributed by atoms with Gasteiger partial charge >= 0.3 is 0 Å². The van der Waals surface area contributed by atoms with E-state index < -0.39 is 0 Å². The summed E-state index contributed by atoms with van der Waals surface area (Å²) in [5.74, 6) is 0. The van der Waals surface area contributed by atoms with Crippen molar-refractivity contribution in [3.63, 3.8) is 0 Å². The molecule has 0 aromatic carbocycles. The van der Waals surface area contributed by atoms with Gasteiger partial charge in [-0.05, 0) is 63.5 Å². The molecule has 26 heavy (non-hydrogen) atoms. The number of hydrogen-bond acceptors (Lipinski definition) is 5. The Morgan fingerprint density at radius 2 is 1.92 bits per heavy atom. The van der Waals surface area contributed by atoms with Crippen LogP contribution < -0.4 is 5.56 Å². The van der Waals surface area contributed by atoms with Gasteiger partial charge in [0, 0.05) is 43.2 Å². The summed E-state index contributed by atoms with van der Waals surface area (Å²) in [4.78, 5) is 21.6. The fourth-order valence-corrected chi connectivity index (χ4v) is 4.12. The van der Waals surface area contributed by atoms with Crippen LogP contribution in [0.15, 0.2) is 41.5 Å². The minimum absolute atomic E-state index is 0.0240. The number of likely N-dealkylation sites (tertiary alicyclic amines) is 2. The van der Waals surface area contributed by atoms with E-state index >= 15 is 0 Å². The molecule has 6 heteroatoms. The van der Waals surface area contributed by atoms with Crippen LogP contribution in [-0.2, 0) is 6.54 Å². The maximum atomic E-state index is 12.3. The highest BCUT2D eigenvalue weighted by molar-refractivity contribution is 5.56. The Morgan fingerprint density at radius 1 is 1.04 bits per heavy atom. The second-order valence-corrected chi connectivity index (χ2v) is 7.36. The third-order valence-electron chi connectivity index (χ3n) is 5.61. The summed E-state index contributed by atoms with van der Waals surface area (Å²) in [5.41, 5.74) is 1.72. The molecule has 0 amide bonds. The molecule has 0 bridgehead atoms. The second-order valence-electron chi connectivity index (χ2n) is 7.36. The summed E-state index contributed by atoms with van der Waals surface area (Å²) < 4.78 is 1.64. The lowest BCUT2D eigenvalue weighted by Crippen LogP contribution is -2.40. The van der Waals surface area contributed by atoms with E-state index in [0.29, 0.717) is 12.6 Å². The van der Waals surface area contributed by atoms with E-state index in [0.717, 1.165) is 37.3 Å². The van der Waals surface area contributed by atoms with Gasteiger partial charge in [0.25, 0.3) is 5.56 Å². The number of nitrogens with zero attached hydrogens (tertiary/aromatic N) is 5. The van der Waals surface area contributed by atoms with Crippen LogP contribution >= 0.6 is 0 Å². The zero-order chi connectivity index (χ0) is 17.8. The Morgan fingerprint density at radius 3 is 2.73 bits per heavy atom. The molecule has 0 spiro atoms. The molecule has 2 fully saturated rings. The molecular weight excluding hydrogens is 326 g/mol. The lowest BCUT2D eigenvalue weighted by atomic mass is 10.2. The van der Waals surface area contributed by atoms with Crippen LogP contribution in [0.3, 0.4) is 0 Å². The van der Waals surface area contributed by atoms with E-state index in [-0.39, 0.29) is 5.56 Å². The van der Waals surface area contributed by atoms with Gasteiger partial charge in [-0.2, -0.15) is 5.10 Å². The summed E-state index contributed by atoms with van der Waals surface area (Å²) in [6.45, 7) is 6.54. The van der Waals surface area contributed by atoms with Gasteiger partial charge in [0.2, 0.25) is 0 Å². The van der Waals surface area contributed by atoms with Gasteiger partial charge < -0.3 is 4.90 Å². The minimum Gasteiger partial charge on any atom is -0.302 e. The molecule has 2 aliphatic rings. The maximum Gasteiger partial charge on any atom is 0.266 e. The molecule has 0 N–H and O–H groups in total. The topological polar surface area (TPSA) is 54.3 Å². The first kappa shape index (κ1) is 17.4. The largest absolute Gasteiger partial charge is 0.302 e. The molecule has 1 unspecified atom stereocenters. The van der Waals surface area contributed by atoms with Crippen LogP contribution in [0.4, 0.5) is 0 Å². The third-order valence-corrected chi connectivity index (χ3v) is 5.61. The van der Waals surface area contributed by atoms with Crippen LogP contribution in [-0.4, -0.2) is 63.3 Å². The predicted octanol–water partition coefficient (Wildman–Crippen LogP) is 1.87. The molecule has 0 aliphatic carbocycles. The Labute approximate surface area is 154 Å². The van der Waals surface area contributed by atoms with Gasteiger partial charge in [-0.25, -0.2) is 4.68 Å². The van der Waals surface area contributed by atoms with Crippen molar-refractivity contribution in [3.8, 4) is 11.3 Å². The van der Waals surface area contributed by atoms with E-state index in [2.05, 4.69) is 19.9 Å². The highest BCUT2D eigenvalue weighted by Crippen LogP contribution is 2.19. The van der Waals surface area contributed by atoms with Gasteiger partial charge in [-0.3, -0.25) is 14.7 Å². The van der Waals surface area contributed by atoms with Crippen molar-refractivity contribution in [1.29, 1.82) is 0 Å². The SMILES string of the molecule is O=c1ccc(-c2cccnc2)nn1CC1CCCN1CCN1CCCC1. The summed E-state index contributed by atoms with van der Waals surface area (Å²) in [6, 6.07) is 7.69. The van der Waals surface area contributed by atoms with Gasteiger partial charge in [0.15, 0.2) is 0 Å². The zero-order valence-electron chi connectivity index (χ0n) is 15.3. The van der Waals surface area contributed by atoms with Crippen LogP contribution in [0.1, 0.15) is 25.7 Å². The Kier molecular flexibility index (Phi) is 5.41. The lowest BCUT2D eigenvalue weighted by molar-refractivity contribution is 0.193.